The highest BCUT2D eigenvalue weighted by atomic mass is 127. The second-order valence-electron chi connectivity index (χ2n) is 2.66. The molecule has 1 heterocycles. The fourth-order valence-electron chi connectivity index (χ4n) is 1.18. The molecule has 0 aliphatic carbocycles. The van der Waals surface area contributed by atoms with Crippen molar-refractivity contribution in [2.24, 2.45) is 0 Å². The largest absolute Gasteiger partial charge is 0.397 e. The zero-order valence-corrected chi connectivity index (χ0v) is 9.50. The van der Waals surface area contributed by atoms with Crippen LogP contribution in [0.2, 0.25) is 5.02 Å². The molecule has 2 aromatic rings. The van der Waals surface area contributed by atoms with Gasteiger partial charge < -0.3 is 5.73 Å². The standard InChI is InChI=1S/C9H6ClIN2/c10-6-3-1-2-5-8(12)7(11)4-13-9(5)6/h1-4H,(H2,12,13). The maximum absolute atomic E-state index is 5.96. The van der Waals surface area contributed by atoms with Crippen molar-refractivity contribution in [3.63, 3.8) is 0 Å². The molecular formula is C9H6ClIN2. The van der Waals surface area contributed by atoms with Crippen molar-refractivity contribution >= 4 is 50.8 Å². The van der Waals surface area contributed by atoms with Crippen LogP contribution < -0.4 is 5.73 Å². The molecule has 4 heteroatoms. The summed E-state index contributed by atoms with van der Waals surface area (Å²) in [6, 6.07) is 5.60. The monoisotopic (exact) mass is 304 g/mol. The Kier molecular flexibility index (Phi) is 2.29. The van der Waals surface area contributed by atoms with E-state index in [0.717, 1.165) is 20.2 Å². The summed E-state index contributed by atoms with van der Waals surface area (Å²) in [5, 5.41) is 1.56. The van der Waals surface area contributed by atoms with Crippen LogP contribution in [0.4, 0.5) is 5.69 Å². The van der Waals surface area contributed by atoms with Crippen molar-refractivity contribution in [1.82, 2.24) is 4.98 Å². The summed E-state index contributed by atoms with van der Waals surface area (Å²) >= 11 is 8.11. The van der Waals surface area contributed by atoms with E-state index in [1.165, 1.54) is 0 Å². The van der Waals surface area contributed by atoms with E-state index < -0.39 is 0 Å². The van der Waals surface area contributed by atoms with Gasteiger partial charge in [0.1, 0.15) is 0 Å². The third-order valence-corrected chi connectivity index (χ3v) is 3.01. The first-order valence-corrected chi connectivity index (χ1v) is 5.14. The van der Waals surface area contributed by atoms with Gasteiger partial charge in [0.2, 0.25) is 0 Å². The highest BCUT2D eigenvalue weighted by Gasteiger charge is 2.05. The van der Waals surface area contributed by atoms with E-state index in [-0.39, 0.29) is 0 Å². The summed E-state index contributed by atoms with van der Waals surface area (Å²) in [7, 11) is 0. The number of benzene rings is 1. The lowest BCUT2D eigenvalue weighted by Gasteiger charge is -2.03. The molecule has 0 fully saturated rings. The molecule has 66 valence electrons. The second kappa shape index (κ2) is 3.31. The molecule has 1 aromatic carbocycles. The lowest BCUT2D eigenvalue weighted by Crippen LogP contribution is -1.93. The molecule has 13 heavy (non-hydrogen) atoms. The Hall–Kier alpha value is -0.550. The first-order valence-electron chi connectivity index (χ1n) is 3.68. The first-order chi connectivity index (χ1) is 6.20. The number of nitrogens with zero attached hydrogens (tertiary/aromatic N) is 1. The Labute approximate surface area is 94.2 Å². The van der Waals surface area contributed by atoms with Gasteiger partial charge in [0.05, 0.1) is 19.8 Å². The SMILES string of the molecule is Nc1c(I)cnc2c(Cl)cccc12. The van der Waals surface area contributed by atoms with Crippen LogP contribution in [0.15, 0.2) is 24.4 Å². The van der Waals surface area contributed by atoms with Crippen LogP contribution >= 0.6 is 34.2 Å². The molecule has 0 bridgehead atoms. The van der Waals surface area contributed by atoms with Crippen molar-refractivity contribution in [3.05, 3.63) is 33.0 Å². The minimum atomic E-state index is 0.639. The van der Waals surface area contributed by atoms with Gasteiger partial charge in [0, 0.05) is 11.6 Å². The highest BCUT2D eigenvalue weighted by molar-refractivity contribution is 14.1. The number of fused-ring (bicyclic) bond motifs is 1. The van der Waals surface area contributed by atoms with Gasteiger partial charge in [0.15, 0.2) is 0 Å². The van der Waals surface area contributed by atoms with E-state index in [4.69, 9.17) is 17.3 Å². The van der Waals surface area contributed by atoms with Gasteiger partial charge in [0.25, 0.3) is 0 Å². The zero-order chi connectivity index (χ0) is 9.42. The molecule has 2 rings (SSSR count). The number of rotatable bonds is 0. The molecule has 1 aromatic heterocycles. The molecule has 0 atom stereocenters. The minimum absolute atomic E-state index is 0.639. The van der Waals surface area contributed by atoms with Crippen LogP contribution in [0.3, 0.4) is 0 Å². The molecule has 0 saturated carbocycles. The molecule has 0 saturated heterocycles. The number of nitrogens with two attached hydrogens (primary N) is 1. The average molecular weight is 305 g/mol. The topological polar surface area (TPSA) is 38.9 Å². The first kappa shape index (κ1) is 9.02. The van der Waals surface area contributed by atoms with Gasteiger partial charge >= 0.3 is 0 Å². The molecule has 0 spiro atoms. The van der Waals surface area contributed by atoms with Crippen molar-refractivity contribution in [2.45, 2.75) is 0 Å². The molecule has 2 nitrogen and oxygen atoms in total. The van der Waals surface area contributed by atoms with Crippen molar-refractivity contribution in [1.29, 1.82) is 0 Å². The van der Waals surface area contributed by atoms with E-state index >= 15 is 0 Å². The molecule has 0 unspecified atom stereocenters. The van der Waals surface area contributed by atoms with E-state index in [0.29, 0.717) is 5.02 Å². The average Bonchev–Trinajstić information content (AvgIpc) is 2.12. The zero-order valence-electron chi connectivity index (χ0n) is 6.59. The number of halogens is 2. The number of para-hydroxylation sites is 1. The van der Waals surface area contributed by atoms with E-state index in [2.05, 4.69) is 27.6 Å². The van der Waals surface area contributed by atoms with Crippen LogP contribution in [0.5, 0.6) is 0 Å². The van der Waals surface area contributed by atoms with E-state index in [9.17, 15) is 0 Å². The number of hydrogen-bond donors (Lipinski definition) is 1. The van der Waals surface area contributed by atoms with Crippen LogP contribution in [0.1, 0.15) is 0 Å². The van der Waals surface area contributed by atoms with Gasteiger partial charge in [-0.2, -0.15) is 0 Å². The van der Waals surface area contributed by atoms with Crippen molar-refractivity contribution in [2.75, 3.05) is 5.73 Å². The number of nitrogen functional groups attached to an aromatic ring is 1. The van der Waals surface area contributed by atoms with Gasteiger partial charge in [-0.3, -0.25) is 4.98 Å². The summed E-state index contributed by atoms with van der Waals surface area (Å²) in [5.41, 5.74) is 7.39. The Bertz CT molecular complexity index is 470. The molecule has 2 N–H and O–H groups in total. The molecule has 0 radical (unpaired) electrons. The fourth-order valence-corrected chi connectivity index (χ4v) is 1.84. The predicted octanol–water partition coefficient (Wildman–Crippen LogP) is 3.08. The summed E-state index contributed by atoms with van der Waals surface area (Å²) in [5.74, 6) is 0. The Morgan fingerprint density at radius 1 is 1.38 bits per heavy atom. The maximum Gasteiger partial charge on any atom is 0.0909 e. The smallest absolute Gasteiger partial charge is 0.0909 e. The fraction of sp³-hybridized carbons (Fsp3) is 0. The van der Waals surface area contributed by atoms with E-state index in [1.807, 2.05) is 18.2 Å². The summed E-state index contributed by atoms with van der Waals surface area (Å²) in [6.45, 7) is 0. The minimum Gasteiger partial charge on any atom is -0.397 e. The predicted molar refractivity (Wildman–Crippen MR) is 63.9 cm³/mol. The number of pyridine rings is 1. The van der Waals surface area contributed by atoms with Crippen LogP contribution in [0.25, 0.3) is 10.9 Å². The third-order valence-electron chi connectivity index (χ3n) is 1.84. The third kappa shape index (κ3) is 1.46. The number of anilines is 1. The Morgan fingerprint density at radius 3 is 2.92 bits per heavy atom. The van der Waals surface area contributed by atoms with Crippen molar-refractivity contribution in [3.8, 4) is 0 Å². The van der Waals surface area contributed by atoms with Gasteiger partial charge in [-0.1, -0.05) is 23.7 Å². The lowest BCUT2D eigenvalue weighted by molar-refractivity contribution is 1.39. The van der Waals surface area contributed by atoms with Crippen LogP contribution in [-0.4, -0.2) is 4.98 Å². The number of aromatic nitrogens is 1. The maximum atomic E-state index is 5.96. The lowest BCUT2D eigenvalue weighted by atomic mass is 10.2. The molecule has 0 amide bonds. The Balaban J connectivity index is 2.94. The van der Waals surface area contributed by atoms with Crippen LogP contribution in [-0.2, 0) is 0 Å². The molecular weight excluding hydrogens is 298 g/mol. The quantitative estimate of drug-likeness (QED) is 0.760. The number of hydrogen-bond acceptors (Lipinski definition) is 2. The van der Waals surface area contributed by atoms with Gasteiger partial charge in [-0.15, -0.1) is 0 Å². The van der Waals surface area contributed by atoms with Gasteiger partial charge in [-0.05, 0) is 28.7 Å². The Morgan fingerprint density at radius 2 is 2.15 bits per heavy atom. The van der Waals surface area contributed by atoms with Gasteiger partial charge in [-0.25, -0.2) is 0 Å². The van der Waals surface area contributed by atoms with Crippen molar-refractivity contribution < 1.29 is 0 Å². The second-order valence-corrected chi connectivity index (χ2v) is 4.23. The van der Waals surface area contributed by atoms with E-state index in [1.54, 1.807) is 6.20 Å². The highest BCUT2D eigenvalue weighted by Crippen LogP contribution is 2.28. The van der Waals surface area contributed by atoms with Crippen LogP contribution in [0, 0.1) is 3.57 Å². The normalized spacial score (nSPS) is 10.6. The summed E-state index contributed by atoms with van der Waals surface area (Å²) in [4.78, 5) is 4.22. The molecule has 0 aliphatic rings. The molecule has 0 aliphatic heterocycles. The summed E-state index contributed by atoms with van der Waals surface area (Å²) < 4.78 is 0.951. The summed E-state index contributed by atoms with van der Waals surface area (Å²) in [6.07, 6.45) is 1.73.